The summed E-state index contributed by atoms with van der Waals surface area (Å²) in [6.07, 6.45) is -0.971. The summed E-state index contributed by atoms with van der Waals surface area (Å²) in [5, 5.41) is 7.34. The van der Waals surface area contributed by atoms with Crippen molar-refractivity contribution in [3.63, 3.8) is 0 Å². The Bertz CT molecular complexity index is 1020. The number of anilines is 2. The quantitative estimate of drug-likeness (QED) is 0.660. The second-order valence-electron chi connectivity index (χ2n) is 6.32. The molecule has 6 heteroatoms. The van der Waals surface area contributed by atoms with Crippen LogP contribution < -0.4 is 10.6 Å². The lowest BCUT2D eigenvalue weighted by atomic mass is 10.1. The highest BCUT2D eigenvalue weighted by molar-refractivity contribution is 6.04. The molecule has 28 heavy (non-hydrogen) atoms. The van der Waals surface area contributed by atoms with Gasteiger partial charge in [0.1, 0.15) is 0 Å². The summed E-state index contributed by atoms with van der Waals surface area (Å²) in [7, 11) is 0. The number of nitrogens with one attached hydrogen (secondary N) is 2. The van der Waals surface area contributed by atoms with E-state index >= 15 is 0 Å². The molecule has 6 nitrogen and oxygen atoms in total. The minimum Gasteiger partial charge on any atom is -0.449 e. The molecule has 0 aliphatic carbocycles. The van der Waals surface area contributed by atoms with Gasteiger partial charge in [0.15, 0.2) is 6.10 Å². The molecule has 0 saturated carbocycles. The van der Waals surface area contributed by atoms with Crippen molar-refractivity contribution in [1.82, 2.24) is 0 Å². The molecule has 1 atom stereocenters. The van der Waals surface area contributed by atoms with Gasteiger partial charge in [-0.3, -0.25) is 9.59 Å². The van der Waals surface area contributed by atoms with Crippen molar-refractivity contribution in [2.24, 2.45) is 0 Å². The van der Waals surface area contributed by atoms with E-state index in [2.05, 4.69) is 10.6 Å². The van der Waals surface area contributed by atoms with Gasteiger partial charge in [-0.2, -0.15) is 0 Å². The Morgan fingerprint density at radius 3 is 2.25 bits per heavy atom. The maximum absolute atomic E-state index is 12.5. The van der Waals surface area contributed by atoms with E-state index in [1.807, 2.05) is 36.4 Å². The average Bonchev–Trinajstić information content (AvgIpc) is 2.68. The molecule has 3 rings (SSSR count). The van der Waals surface area contributed by atoms with Gasteiger partial charge in [-0.25, -0.2) is 4.79 Å². The first-order valence-electron chi connectivity index (χ1n) is 8.81. The van der Waals surface area contributed by atoms with E-state index in [1.54, 1.807) is 18.2 Å². The number of fused-ring (bicyclic) bond motifs is 1. The predicted molar refractivity (Wildman–Crippen MR) is 108 cm³/mol. The molecule has 0 fully saturated rings. The number of amides is 2. The van der Waals surface area contributed by atoms with Crippen molar-refractivity contribution in [3.05, 3.63) is 72.3 Å². The standard InChI is InChI=1S/C22H20N2O4/c1-14(28-22(27)17-10-12-18(13-11-17)23-15(2)25)21(26)24-20-9-5-7-16-6-3-4-8-19(16)20/h3-14H,1-2H3,(H,23,25)(H,24,26)/t14-/m0/s1. The van der Waals surface area contributed by atoms with E-state index in [0.29, 0.717) is 16.9 Å². The summed E-state index contributed by atoms with van der Waals surface area (Å²) in [6.45, 7) is 2.92. The molecular weight excluding hydrogens is 356 g/mol. The van der Waals surface area contributed by atoms with Crippen LogP contribution in [0.5, 0.6) is 0 Å². The van der Waals surface area contributed by atoms with Crippen molar-refractivity contribution in [3.8, 4) is 0 Å². The van der Waals surface area contributed by atoms with Gasteiger partial charge in [-0.1, -0.05) is 36.4 Å². The first kappa shape index (κ1) is 19.1. The fourth-order valence-corrected chi connectivity index (χ4v) is 2.74. The van der Waals surface area contributed by atoms with Crippen LogP contribution in [0.25, 0.3) is 10.8 Å². The molecule has 3 aromatic rings. The normalized spacial score (nSPS) is 11.5. The number of carbonyl (C=O) groups is 3. The third-order valence-electron chi connectivity index (χ3n) is 4.14. The second-order valence-corrected chi connectivity index (χ2v) is 6.32. The van der Waals surface area contributed by atoms with Gasteiger partial charge in [-0.15, -0.1) is 0 Å². The third kappa shape index (κ3) is 4.54. The number of ether oxygens (including phenoxy) is 1. The van der Waals surface area contributed by atoms with Gasteiger partial charge in [0, 0.05) is 23.7 Å². The van der Waals surface area contributed by atoms with Crippen LogP contribution in [-0.2, 0) is 14.3 Å². The first-order valence-corrected chi connectivity index (χ1v) is 8.81. The van der Waals surface area contributed by atoms with E-state index in [4.69, 9.17) is 4.74 Å². The maximum atomic E-state index is 12.5. The Morgan fingerprint density at radius 1 is 0.857 bits per heavy atom. The minimum atomic E-state index is -0.971. The van der Waals surface area contributed by atoms with Crippen LogP contribution in [0.1, 0.15) is 24.2 Å². The zero-order valence-corrected chi connectivity index (χ0v) is 15.6. The molecule has 0 aliphatic rings. The molecule has 2 N–H and O–H groups in total. The molecule has 0 unspecified atom stereocenters. The van der Waals surface area contributed by atoms with Gasteiger partial charge in [0.05, 0.1) is 5.56 Å². The summed E-state index contributed by atoms with van der Waals surface area (Å²) < 4.78 is 5.27. The van der Waals surface area contributed by atoms with Gasteiger partial charge in [0.25, 0.3) is 5.91 Å². The number of benzene rings is 3. The lowest BCUT2D eigenvalue weighted by Crippen LogP contribution is -2.30. The van der Waals surface area contributed by atoms with Gasteiger partial charge in [-0.05, 0) is 42.6 Å². The number of rotatable bonds is 5. The SMILES string of the molecule is CC(=O)Nc1ccc(C(=O)O[C@@H](C)C(=O)Nc2cccc3ccccc23)cc1. The molecule has 0 saturated heterocycles. The van der Waals surface area contributed by atoms with E-state index in [0.717, 1.165) is 10.8 Å². The van der Waals surface area contributed by atoms with Crippen molar-refractivity contribution in [2.45, 2.75) is 20.0 Å². The maximum Gasteiger partial charge on any atom is 0.338 e. The molecule has 0 aromatic heterocycles. The minimum absolute atomic E-state index is 0.200. The van der Waals surface area contributed by atoms with Gasteiger partial charge >= 0.3 is 5.97 Å². The van der Waals surface area contributed by atoms with E-state index in [-0.39, 0.29) is 5.91 Å². The van der Waals surface area contributed by atoms with Crippen LogP contribution in [0.4, 0.5) is 11.4 Å². The third-order valence-corrected chi connectivity index (χ3v) is 4.14. The molecule has 2 amide bonds. The fourth-order valence-electron chi connectivity index (χ4n) is 2.74. The first-order chi connectivity index (χ1) is 13.4. The largest absolute Gasteiger partial charge is 0.449 e. The molecule has 0 spiro atoms. The Labute approximate surface area is 162 Å². The summed E-state index contributed by atoms with van der Waals surface area (Å²) in [4.78, 5) is 35.8. The monoisotopic (exact) mass is 376 g/mol. The zero-order valence-electron chi connectivity index (χ0n) is 15.6. The fraction of sp³-hybridized carbons (Fsp3) is 0.136. The lowest BCUT2D eigenvalue weighted by Gasteiger charge is -2.15. The second kappa shape index (κ2) is 8.35. The molecule has 142 valence electrons. The van der Waals surface area contributed by atoms with Gasteiger partial charge < -0.3 is 15.4 Å². The van der Waals surface area contributed by atoms with Crippen LogP contribution in [0.15, 0.2) is 66.7 Å². The number of hydrogen-bond acceptors (Lipinski definition) is 4. The topological polar surface area (TPSA) is 84.5 Å². The van der Waals surface area contributed by atoms with E-state index in [9.17, 15) is 14.4 Å². The molecule has 0 radical (unpaired) electrons. The summed E-state index contributed by atoms with van der Waals surface area (Å²) in [5.41, 5.74) is 1.52. The van der Waals surface area contributed by atoms with E-state index < -0.39 is 18.0 Å². The van der Waals surface area contributed by atoms with Crippen LogP contribution >= 0.6 is 0 Å². The van der Waals surface area contributed by atoms with E-state index in [1.165, 1.54) is 26.0 Å². The Balaban J connectivity index is 1.65. The predicted octanol–water partition coefficient (Wildman–Crippen LogP) is 3.98. The Morgan fingerprint density at radius 2 is 1.54 bits per heavy atom. The number of hydrogen-bond donors (Lipinski definition) is 2. The molecule has 0 heterocycles. The van der Waals surface area contributed by atoms with Crippen molar-refractivity contribution in [2.75, 3.05) is 10.6 Å². The van der Waals surface area contributed by atoms with Crippen molar-refractivity contribution >= 4 is 39.9 Å². The van der Waals surface area contributed by atoms with Gasteiger partial charge in [0.2, 0.25) is 5.91 Å². The van der Waals surface area contributed by atoms with Crippen molar-refractivity contribution in [1.29, 1.82) is 0 Å². The van der Waals surface area contributed by atoms with Crippen LogP contribution in [-0.4, -0.2) is 23.9 Å². The Kier molecular flexibility index (Phi) is 5.69. The highest BCUT2D eigenvalue weighted by atomic mass is 16.5. The lowest BCUT2D eigenvalue weighted by molar-refractivity contribution is -0.123. The van der Waals surface area contributed by atoms with Crippen LogP contribution in [0, 0.1) is 0 Å². The number of carbonyl (C=O) groups excluding carboxylic acids is 3. The molecular formula is C22H20N2O4. The zero-order chi connectivity index (χ0) is 20.1. The molecule has 0 aliphatic heterocycles. The van der Waals surface area contributed by atoms with Crippen LogP contribution in [0.2, 0.25) is 0 Å². The average molecular weight is 376 g/mol. The molecule has 0 bridgehead atoms. The smallest absolute Gasteiger partial charge is 0.338 e. The summed E-state index contributed by atoms with van der Waals surface area (Å²) >= 11 is 0. The van der Waals surface area contributed by atoms with Crippen LogP contribution in [0.3, 0.4) is 0 Å². The molecule has 3 aromatic carbocycles. The summed E-state index contributed by atoms with van der Waals surface area (Å²) in [6, 6.07) is 19.6. The summed E-state index contributed by atoms with van der Waals surface area (Å²) in [5.74, 6) is -1.23. The number of esters is 1. The van der Waals surface area contributed by atoms with Crippen molar-refractivity contribution < 1.29 is 19.1 Å². The highest BCUT2D eigenvalue weighted by Gasteiger charge is 2.19. The Hall–Kier alpha value is -3.67. The highest BCUT2D eigenvalue weighted by Crippen LogP contribution is 2.23.